The molecule has 7 aromatic rings. The molecule has 0 bridgehead atoms. The minimum Gasteiger partial charge on any atom is -1.00 e. The van der Waals surface area contributed by atoms with Gasteiger partial charge in [-0.3, -0.25) is 14.5 Å². The van der Waals surface area contributed by atoms with Crippen LogP contribution in [0.25, 0.3) is 5.65 Å². The zero-order chi connectivity index (χ0) is 44.3. The van der Waals surface area contributed by atoms with E-state index in [1.807, 2.05) is 64.5 Å². The summed E-state index contributed by atoms with van der Waals surface area (Å²) in [5.41, 5.74) is 10.3. The highest BCUT2D eigenvalue weighted by atomic mass is 127. The zero-order valence-corrected chi connectivity index (χ0v) is 38.8. The molecule has 2 amide bonds. The second-order valence-corrected chi connectivity index (χ2v) is 17.1. The number of carbonyl (C=O) groups is 3. The quantitative estimate of drug-likeness (QED) is 0.0262. The summed E-state index contributed by atoms with van der Waals surface area (Å²) in [4.78, 5) is 52.7. The van der Waals surface area contributed by atoms with Crippen molar-refractivity contribution in [2.75, 3.05) is 25.3 Å². The number of benzene rings is 4. The molecule has 4 N–H and O–H groups in total. The first-order valence-corrected chi connectivity index (χ1v) is 21.9. The van der Waals surface area contributed by atoms with Gasteiger partial charge in [-0.05, 0) is 34.4 Å². The Labute approximate surface area is 399 Å². The number of anilines is 2. The van der Waals surface area contributed by atoms with E-state index in [1.54, 1.807) is 60.4 Å². The van der Waals surface area contributed by atoms with Crippen molar-refractivity contribution in [3.05, 3.63) is 184 Å². The summed E-state index contributed by atoms with van der Waals surface area (Å²) in [5.74, 6) is -0.650. The molecular weight excluding hydrogens is 978 g/mol. The van der Waals surface area contributed by atoms with Gasteiger partial charge in [0.25, 0.3) is 5.91 Å². The summed E-state index contributed by atoms with van der Waals surface area (Å²) >= 11 is 2.63. The number of methoxy groups -OCH3 is 1. The molecule has 9 rings (SSSR count). The number of ether oxygens (including phenoxy) is 2. The predicted octanol–water partition coefficient (Wildman–Crippen LogP) is 2.98. The van der Waals surface area contributed by atoms with E-state index in [1.165, 1.54) is 35.1 Å². The Hall–Kier alpha value is -6.77. The van der Waals surface area contributed by atoms with Crippen LogP contribution in [0, 0.1) is 0 Å². The summed E-state index contributed by atoms with van der Waals surface area (Å²) in [5, 5.41) is 17.0. The van der Waals surface area contributed by atoms with Crippen LogP contribution in [-0.2, 0) is 47.5 Å². The van der Waals surface area contributed by atoms with Gasteiger partial charge in [-0.1, -0.05) is 130 Å². The maximum atomic E-state index is 14.8. The minimum atomic E-state index is -1.59. The highest BCUT2D eigenvalue weighted by Crippen LogP contribution is 2.55. The van der Waals surface area contributed by atoms with Crippen LogP contribution in [0.5, 0.6) is 5.75 Å². The normalized spacial score (nSPS) is 16.9. The van der Waals surface area contributed by atoms with E-state index in [-0.39, 0.29) is 55.2 Å². The van der Waals surface area contributed by atoms with Gasteiger partial charge < -0.3 is 54.7 Å². The number of halogens is 1. The number of nitrogens with zero attached hydrogens (tertiary/aromatic N) is 6. The van der Waals surface area contributed by atoms with Gasteiger partial charge in [-0.15, -0.1) is 11.3 Å². The van der Waals surface area contributed by atoms with Crippen molar-refractivity contribution in [2.24, 2.45) is 5.16 Å². The van der Waals surface area contributed by atoms with Gasteiger partial charge in [0.15, 0.2) is 10.0 Å². The number of β-lactam (4-membered cyclic amide) rings is 1. The summed E-state index contributed by atoms with van der Waals surface area (Å²) < 4.78 is 14.8. The third-order valence-corrected chi connectivity index (χ3v) is 13.5. The van der Waals surface area contributed by atoms with Crippen molar-refractivity contribution in [3.63, 3.8) is 0 Å². The largest absolute Gasteiger partial charge is 1.00 e. The first-order valence-electron chi connectivity index (χ1n) is 20.2. The first kappa shape index (κ1) is 44.8. The molecule has 1 fully saturated rings. The van der Waals surface area contributed by atoms with Gasteiger partial charge in [0.2, 0.25) is 11.7 Å². The first-order chi connectivity index (χ1) is 31.2. The molecule has 0 radical (unpaired) electrons. The standard InChI is InChI=1S/C47H41N9O6S2.HI/c1-60-35-20-18-31(19-21-35)29-62-44(59)43-36(28-54-25-23-38(48)56-40(54)22-24-49-56)47(52-39(57)27-50-61-2,64-42-26-41(58)55(42)43)37-30-63-45(51-37)53-46(32-12-6-3-7-13-32,33-14-8-4-9-15-33)34-16-10-5-11-17-34;/h3-25,27,30,42,48H,26,28-29H2,1-2H3,(H2,51,52,53,57);1H/t42-,47?;/m0./s1. The fourth-order valence-corrected chi connectivity index (χ4v) is 10.7. The molecule has 2 aliphatic rings. The lowest BCUT2D eigenvalue weighted by atomic mass is 9.77. The molecule has 2 aliphatic heterocycles. The summed E-state index contributed by atoms with van der Waals surface area (Å²) in [6.45, 7) is -0.150. The maximum absolute atomic E-state index is 14.8. The fourth-order valence-electron chi connectivity index (χ4n) is 8.14. The number of esters is 1. The number of thiazole rings is 1. The number of nitrogen functional groups attached to an aromatic ring is 1. The van der Waals surface area contributed by atoms with Crippen LogP contribution in [0.2, 0.25) is 0 Å². The van der Waals surface area contributed by atoms with Crippen LogP contribution in [0.3, 0.4) is 0 Å². The summed E-state index contributed by atoms with van der Waals surface area (Å²) in [6.07, 6.45) is 4.48. The number of oxime groups is 1. The molecular formula is C47H42IN9O6S2. The van der Waals surface area contributed by atoms with E-state index in [0.717, 1.165) is 22.9 Å². The van der Waals surface area contributed by atoms with Gasteiger partial charge in [-0.2, -0.15) is 0 Å². The van der Waals surface area contributed by atoms with Crippen molar-refractivity contribution in [1.29, 1.82) is 0 Å². The van der Waals surface area contributed by atoms with E-state index >= 15 is 0 Å². The lowest BCUT2D eigenvalue weighted by molar-refractivity contribution is -0.667. The number of nitrogens with one attached hydrogen (secondary N) is 2. The third kappa shape index (κ3) is 8.51. The van der Waals surface area contributed by atoms with Crippen LogP contribution in [-0.4, -0.2) is 63.1 Å². The Kier molecular flexibility index (Phi) is 13.2. The summed E-state index contributed by atoms with van der Waals surface area (Å²) in [6, 6.07) is 40.9. The van der Waals surface area contributed by atoms with Crippen molar-refractivity contribution in [3.8, 4) is 5.75 Å². The Bertz CT molecular complexity index is 2800. The topological polar surface area (TPSA) is 179 Å². The molecule has 3 aromatic heterocycles. The molecule has 1 saturated heterocycles. The highest BCUT2D eigenvalue weighted by molar-refractivity contribution is 8.01. The van der Waals surface area contributed by atoms with E-state index < -0.39 is 27.7 Å². The number of nitrogens with two attached hydrogens (primary N) is 1. The van der Waals surface area contributed by atoms with E-state index in [4.69, 9.17) is 25.0 Å². The number of rotatable bonds is 15. The molecule has 330 valence electrons. The zero-order valence-electron chi connectivity index (χ0n) is 35.0. The van der Waals surface area contributed by atoms with Crippen molar-refractivity contribution >= 4 is 63.7 Å². The number of thioether (sulfide) groups is 1. The lowest BCUT2D eigenvalue weighted by Crippen LogP contribution is -3.00. The van der Waals surface area contributed by atoms with Crippen LogP contribution >= 0.6 is 23.1 Å². The molecule has 0 aliphatic carbocycles. The highest BCUT2D eigenvalue weighted by Gasteiger charge is 2.58. The fraction of sp³-hybridized carbons (Fsp3) is 0.170. The minimum absolute atomic E-state index is 0. The molecule has 2 atom stereocenters. The number of carbonyl (C=O) groups excluding carboxylic acids is 3. The number of amides is 2. The van der Waals surface area contributed by atoms with Crippen molar-refractivity contribution in [1.82, 2.24) is 24.8 Å². The SMILES string of the molecule is CON=CC(=O)NC1(c2csc(NC(c3ccccc3)(c3ccccc3)c3ccccc3)n2)S[C@H]2CC(=O)N2C(C(=O)OCc2ccc(OC)cc2)=C1C[n+]1ccc(N)n2nccc21.[I-]. The molecule has 4 aromatic carbocycles. The van der Waals surface area contributed by atoms with Crippen molar-refractivity contribution in [2.45, 2.75) is 35.4 Å². The van der Waals surface area contributed by atoms with Gasteiger partial charge in [-0.25, -0.2) is 14.3 Å². The maximum Gasteiger partial charge on any atom is 0.355 e. The van der Waals surface area contributed by atoms with E-state index in [2.05, 4.69) is 57.3 Å². The number of hydrogen-bond acceptors (Lipinski definition) is 13. The van der Waals surface area contributed by atoms with Crippen LogP contribution in [0.15, 0.2) is 162 Å². The van der Waals surface area contributed by atoms with Gasteiger partial charge >= 0.3 is 11.6 Å². The molecule has 1 unspecified atom stereocenters. The molecule has 18 heteroatoms. The Morgan fingerprint density at radius 2 is 1.58 bits per heavy atom. The molecule has 65 heavy (non-hydrogen) atoms. The molecule has 0 spiro atoms. The van der Waals surface area contributed by atoms with E-state index in [0.29, 0.717) is 39.2 Å². The van der Waals surface area contributed by atoms with E-state index in [9.17, 15) is 14.4 Å². The Balaban J connectivity index is 0.00000576. The second-order valence-electron chi connectivity index (χ2n) is 14.9. The lowest BCUT2D eigenvalue weighted by Gasteiger charge is -2.51. The average molecular weight is 1020 g/mol. The number of aromatic nitrogens is 4. The Morgan fingerprint density at radius 3 is 2.18 bits per heavy atom. The summed E-state index contributed by atoms with van der Waals surface area (Å²) in [7, 11) is 2.90. The van der Waals surface area contributed by atoms with Crippen LogP contribution in [0.4, 0.5) is 10.9 Å². The van der Waals surface area contributed by atoms with Gasteiger partial charge in [0.1, 0.15) is 43.5 Å². The Morgan fingerprint density at radius 1 is 0.938 bits per heavy atom. The van der Waals surface area contributed by atoms with Gasteiger partial charge in [0, 0.05) is 17.0 Å². The number of hydrogen-bond donors (Lipinski definition) is 3. The molecule has 5 heterocycles. The van der Waals surface area contributed by atoms with Crippen LogP contribution < -0.4 is 49.6 Å². The van der Waals surface area contributed by atoms with Gasteiger partial charge in [0.05, 0.1) is 43.1 Å². The third-order valence-electron chi connectivity index (χ3n) is 11.2. The molecule has 0 saturated carbocycles. The predicted molar refractivity (Wildman–Crippen MR) is 243 cm³/mol. The monoisotopic (exact) mass is 1020 g/mol. The molecule has 15 nitrogen and oxygen atoms in total. The van der Waals surface area contributed by atoms with Crippen LogP contribution in [0.1, 0.15) is 34.4 Å². The average Bonchev–Trinajstić information content (AvgIpc) is 4.03. The smallest absolute Gasteiger partial charge is 0.355 e. The second kappa shape index (κ2) is 19.1. The number of fused-ring (bicyclic) bond motifs is 2. The van der Waals surface area contributed by atoms with Crippen molar-refractivity contribution < 1.29 is 57.2 Å².